The molecule has 0 atom stereocenters. The van der Waals surface area contributed by atoms with E-state index in [1.54, 1.807) is 42.5 Å². The van der Waals surface area contributed by atoms with Crippen LogP contribution in [-0.4, -0.2) is 42.7 Å². The van der Waals surface area contributed by atoms with Gasteiger partial charge < -0.3 is 24.5 Å². The fraction of sp³-hybridized carbons (Fsp3) is 0.125. The summed E-state index contributed by atoms with van der Waals surface area (Å²) in [6.07, 6.45) is 0. The maximum Gasteiger partial charge on any atom is 0.339 e. The molecule has 0 fully saturated rings. The van der Waals surface area contributed by atoms with E-state index in [-0.39, 0.29) is 0 Å². The molecular weight excluding hydrogens is 410 g/mol. The molecule has 0 unspecified atom stereocenters. The van der Waals surface area contributed by atoms with Crippen molar-refractivity contribution >= 4 is 28.6 Å². The first-order chi connectivity index (χ1) is 15.6. The number of nitrogens with zero attached hydrogens (tertiary/aromatic N) is 1. The van der Waals surface area contributed by atoms with Gasteiger partial charge in [0.05, 0.1) is 36.5 Å². The number of aromatic nitrogens is 2. The van der Waals surface area contributed by atoms with Crippen molar-refractivity contribution < 1.29 is 23.8 Å². The van der Waals surface area contributed by atoms with Crippen molar-refractivity contribution in [3.05, 3.63) is 72.3 Å². The fourth-order valence-corrected chi connectivity index (χ4v) is 3.25. The summed E-state index contributed by atoms with van der Waals surface area (Å²) in [5, 5.41) is 2.67. The van der Waals surface area contributed by atoms with Gasteiger partial charge in [0, 0.05) is 11.6 Å². The molecular formula is C24H21N3O5. The third-order valence-corrected chi connectivity index (χ3v) is 4.81. The summed E-state index contributed by atoms with van der Waals surface area (Å²) >= 11 is 0. The Labute approximate surface area is 184 Å². The van der Waals surface area contributed by atoms with Gasteiger partial charge in [0.2, 0.25) is 0 Å². The number of anilines is 1. The first-order valence-corrected chi connectivity index (χ1v) is 9.82. The minimum atomic E-state index is -0.631. The third kappa shape index (κ3) is 4.39. The van der Waals surface area contributed by atoms with Crippen molar-refractivity contribution in [1.29, 1.82) is 0 Å². The highest BCUT2D eigenvalue weighted by Gasteiger charge is 2.18. The lowest BCUT2D eigenvalue weighted by molar-refractivity contribution is -0.119. The van der Waals surface area contributed by atoms with Gasteiger partial charge in [0.15, 0.2) is 6.61 Å². The van der Waals surface area contributed by atoms with E-state index in [1.807, 2.05) is 24.3 Å². The Morgan fingerprint density at radius 3 is 2.53 bits per heavy atom. The second-order valence-corrected chi connectivity index (χ2v) is 6.84. The molecule has 32 heavy (non-hydrogen) atoms. The van der Waals surface area contributed by atoms with Gasteiger partial charge in [-0.3, -0.25) is 4.79 Å². The first-order valence-electron chi connectivity index (χ1n) is 9.82. The molecule has 162 valence electrons. The lowest BCUT2D eigenvalue weighted by Gasteiger charge is -2.12. The van der Waals surface area contributed by atoms with E-state index in [0.717, 1.165) is 11.0 Å². The first kappa shape index (κ1) is 20.9. The van der Waals surface area contributed by atoms with Gasteiger partial charge in [0.1, 0.15) is 17.3 Å². The van der Waals surface area contributed by atoms with Gasteiger partial charge in [-0.15, -0.1) is 0 Å². The maximum atomic E-state index is 12.7. The molecule has 0 aliphatic carbocycles. The Hall–Kier alpha value is -4.33. The lowest BCUT2D eigenvalue weighted by Crippen LogP contribution is -2.21. The van der Waals surface area contributed by atoms with Crippen LogP contribution in [0, 0.1) is 0 Å². The molecule has 0 spiro atoms. The van der Waals surface area contributed by atoms with Gasteiger partial charge in [0.25, 0.3) is 5.91 Å². The number of amides is 1. The van der Waals surface area contributed by atoms with Crippen LogP contribution < -0.4 is 14.8 Å². The molecule has 0 aliphatic heterocycles. The van der Waals surface area contributed by atoms with Crippen LogP contribution in [0.3, 0.4) is 0 Å². The molecule has 0 radical (unpaired) electrons. The van der Waals surface area contributed by atoms with Crippen molar-refractivity contribution in [2.75, 3.05) is 26.1 Å². The predicted octanol–water partition coefficient (Wildman–Crippen LogP) is 4.04. The van der Waals surface area contributed by atoms with Crippen LogP contribution in [0.5, 0.6) is 11.5 Å². The fourth-order valence-electron chi connectivity index (χ4n) is 3.25. The molecule has 0 aliphatic rings. The van der Waals surface area contributed by atoms with Gasteiger partial charge in [-0.25, -0.2) is 9.78 Å². The summed E-state index contributed by atoms with van der Waals surface area (Å²) in [6, 6.07) is 19.5. The average molecular weight is 431 g/mol. The van der Waals surface area contributed by atoms with Crippen LogP contribution in [0.4, 0.5) is 5.69 Å². The van der Waals surface area contributed by atoms with Gasteiger partial charge in [-0.2, -0.15) is 0 Å². The number of hydrogen-bond acceptors (Lipinski definition) is 6. The predicted molar refractivity (Wildman–Crippen MR) is 120 cm³/mol. The minimum absolute atomic E-state index is 0.304. The molecule has 1 aromatic heterocycles. The highest BCUT2D eigenvalue weighted by molar-refractivity contribution is 6.00. The van der Waals surface area contributed by atoms with E-state index < -0.39 is 18.5 Å². The summed E-state index contributed by atoms with van der Waals surface area (Å²) in [5.74, 6) is 0.419. The van der Waals surface area contributed by atoms with Crippen LogP contribution >= 0.6 is 0 Å². The summed E-state index contributed by atoms with van der Waals surface area (Å²) < 4.78 is 15.7. The van der Waals surface area contributed by atoms with Crippen molar-refractivity contribution in [3.8, 4) is 22.9 Å². The number of rotatable bonds is 7. The monoisotopic (exact) mass is 431 g/mol. The van der Waals surface area contributed by atoms with Gasteiger partial charge in [-0.1, -0.05) is 30.3 Å². The Balaban J connectivity index is 1.48. The molecule has 2 N–H and O–H groups in total. The van der Waals surface area contributed by atoms with E-state index in [4.69, 9.17) is 14.2 Å². The number of carbonyl (C=O) groups is 2. The molecule has 8 heteroatoms. The second-order valence-electron chi connectivity index (χ2n) is 6.84. The van der Waals surface area contributed by atoms with Crippen molar-refractivity contribution in [2.24, 2.45) is 0 Å². The number of methoxy groups -OCH3 is 2. The Morgan fingerprint density at radius 1 is 0.969 bits per heavy atom. The van der Waals surface area contributed by atoms with Crippen LogP contribution in [0.15, 0.2) is 66.7 Å². The zero-order valence-corrected chi connectivity index (χ0v) is 17.5. The van der Waals surface area contributed by atoms with Gasteiger partial charge in [-0.05, 0) is 30.3 Å². The van der Waals surface area contributed by atoms with Crippen LogP contribution in [-0.2, 0) is 9.53 Å². The van der Waals surface area contributed by atoms with Crippen molar-refractivity contribution in [2.45, 2.75) is 0 Å². The SMILES string of the molecule is COc1ccc(OC)c(NC(=O)COC(=O)c2ccccc2-c2nc3ccccc3[nH]2)c1. The van der Waals surface area contributed by atoms with Crippen molar-refractivity contribution in [3.63, 3.8) is 0 Å². The Morgan fingerprint density at radius 2 is 1.75 bits per heavy atom. The standard InChI is InChI=1S/C24H21N3O5/c1-30-15-11-12-21(31-2)20(13-15)25-22(28)14-32-24(29)17-8-4-3-7-16(17)23-26-18-9-5-6-10-19(18)27-23/h3-13H,14H2,1-2H3,(H,25,28)(H,26,27). The maximum absolute atomic E-state index is 12.7. The summed E-state index contributed by atoms with van der Waals surface area (Å²) in [4.78, 5) is 32.9. The number of esters is 1. The minimum Gasteiger partial charge on any atom is -0.497 e. The Bertz CT molecular complexity index is 1250. The summed E-state index contributed by atoms with van der Waals surface area (Å²) in [6.45, 7) is -0.465. The summed E-state index contributed by atoms with van der Waals surface area (Å²) in [5.41, 5.74) is 2.95. The zero-order valence-electron chi connectivity index (χ0n) is 17.5. The number of benzene rings is 3. The number of ether oxygens (including phenoxy) is 3. The van der Waals surface area contributed by atoms with E-state index in [1.165, 1.54) is 14.2 Å². The number of para-hydroxylation sites is 2. The topological polar surface area (TPSA) is 103 Å². The number of imidazole rings is 1. The number of nitrogens with one attached hydrogen (secondary N) is 2. The van der Waals surface area contributed by atoms with Crippen LogP contribution in [0.2, 0.25) is 0 Å². The average Bonchev–Trinajstić information content (AvgIpc) is 3.26. The molecule has 1 heterocycles. The molecule has 0 bridgehead atoms. The van der Waals surface area contributed by atoms with E-state index in [2.05, 4.69) is 15.3 Å². The smallest absolute Gasteiger partial charge is 0.339 e. The largest absolute Gasteiger partial charge is 0.497 e. The van der Waals surface area contributed by atoms with Crippen molar-refractivity contribution in [1.82, 2.24) is 9.97 Å². The lowest BCUT2D eigenvalue weighted by atomic mass is 10.1. The molecule has 8 nitrogen and oxygen atoms in total. The number of fused-ring (bicyclic) bond motifs is 1. The number of aromatic amines is 1. The number of H-pyrrole nitrogens is 1. The zero-order chi connectivity index (χ0) is 22.5. The Kier molecular flexibility index (Phi) is 6.03. The van der Waals surface area contributed by atoms with Crippen LogP contribution in [0.25, 0.3) is 22.4 Å². The van der Waals surface area contributed by atoms with E-state index in [0.29, 0.717) is 34.1 Å². The number of hydrogen-bond donors (Lipinski definition) is 2. The second kappa shape index (κ2) is 9.22. The summed E-state index contributed by atoms with van der Waals surface area (Å²) in [7, 11) is 3.02. The molecule has 1 amide bonds. The highest BCUT2D eigenvalue weighted by Crippen LogP contribution is 2.29. The molecule has 0 saturated heterocycles. The molecule has 4 aromatic rings. The molecule has 0 saturated carbocycles. The normalized spacial score (nSPS) is 10.6. The third-order valence-electron chi connectivity index (χ3n) is 4.81. The molecule has 4 rings (SSSR count). The molecule has 3 aromatic carbocycles. The quantitative estimate of drug-likeness (QED) is 0.428. The highest BCUT2D eigenvalue weighted by atomic mass is 16.5. The number of carbonyl (C=O) groups excluding carboxylic acids is 2. The van der Waals surface area contributed by atoms with Gasteiger partial charge >= 0.3 is 5.97 Å². The van der Waals surface area contributed by atoms with Crippen LogP contribution in [0.1, 0.15) is 10.4 Å². The van der Waals surface area contributed by atoms with E-state index in [9.17, 15) is 9.59 Å². The van der Waals surface area contributed by atoms with E-state index >= 15 is 0 Å².